The van der Waals surface area contributed by atoms with Crippen molar-refractivity contribution >= 4 is 11.6 Å². The van der Waals surface area contributed by atoms with Crippen molar-refractivity contribution in [3.05, 3.63) is 59.2 Å². The molecule has 0 bridgehead atoms. The number of anilines is 1. The fourth-order valence-electron chi connectivity index (χ4n) is 3.34. The Kier molecular flexibility index (Phi) is 4.01. The highest BCUT2D eigenvalue weighted by molar-refractivity contribution is 6.08. The average molecular weight is 349 g/mol. The number of hydrogen-bond donors (Lipinski definition) is 0. The van der Waals surface area contributed by atoms with E-state index >= 15 is 0 Å². The molecule has 1 heterocycles. The summed E-state index contributed by atoms with van der Waals surface area (Å²) in [6.45, 7) is 1.86. The SMILES string of the molecule is COc1ccc2c(c1)C(Cc1ccc(C)cc1)(C(F)(F)F)C(=O)N2C. The molecule has 0 spiro atoms. The summed E-state index contributed by atoms with van der Waals surface area (Å²) in [5, 5.41) is 0. The van der Waals surface area contributed by atoms with Crippen molar-refractivity contribution in [2.75, 3.05) is 19.1 Å². The topological polar surface area (TPSA) is 29.5 Å². The minimum Gasteiger partial charge on any atom is -0.497 e. The molecule has 1 unspecified atom stereocenters. The van der Waals surface area contributed by atoms with E-state index in [9.17, 15) is 18.0 Å². The van der Waals surface area contributed by atoms with Crippen LogP contribution in [0, 0.1) is 6.92 Å². The van der Waals surface area contributed by atoms with Gasteiger partial charge in [-0.15, -0.1) is 0 Å². The highest BCUT2D eigenvalue weighted by Crippen LogP contribution is 2.53. The number of fused-ring (bicyclic) bond motifs is 1. The van der Waals surface area contributed by atoms with Gasteiger partial charge in [-0.3, -0.25) is 4.79 Å². The van der Waals surface area contributed by atoms with Crippen molar-refractivity contribution < 1.29 is 22.7 Å². The van der Waals surface area contributed by atoms with Crippen LogP contribution in [0.25, 0.3) is 0 Å². The van der Waals surface area contributed by atoms with Crippen molar-refractivity contribution in [2.45, 2.75) is 24.9 Å². The summed E-state index contributed by atoms with van der Waals surface area (Å²) in [4.78, 5) is 13.8. The molecular weight excluding hydrogens is 331 g/mol. The standard InChI is InChI=1S/C19H18F3NO2/c1-12-4-6-13(7-5-12)11-18(19(20,21)22)15-10-14(25-3)8-9-16(15)23(2)17(18)24/h4-10H,11H2,1-3H3. The van der Waals surface area contributed by atoms with Gasteiger partial charge in [-0.1, -0.05) is 29.8 Å². The van der Waals surface area contributed by atoms with Crippen LogP contribution in [-0.2, 0) is 16.6 Å². The van der Waals surface area contributed by atoms with E-state index in [1.807, 2.05) is 6.92 Å². The van der Waals surface area contributed by atoms with Crippen molar-refractivity contribution in [2.24, 2.45) is 0 Å². The number of likely N-dealkylation sites (N-methyl/N-ethyl adjacent to an activating group) is 1. The summed E-state index contributed by atoms with van der Waals surface area (Å²) in [6.07, 6.45) is -5.18. The summed E-state index contributed by atoms with van der Waals surface area (Å²) in [5.74, 6) is -0.678. The monoisotopic (exact) mass is 349 g/mol. The normalized spacial score (nSPS) is 19.9. The second-order valence-corrected chi connectivity index (χ2v) is 6.31. The van der Waals surface area contributed by atoms with Crippen molar-refractivity contribution in [1.82, 2.24) is 0 Å². The van der Waals surface area contributed by atoms with E-state index in [-0.39, 0.29) is 11.3 Å². The van der Waals surface area contributed by atoms with Gasteiger partial charge in [0, 0.05) is 18.3 Å². The second kappa shape index (κ2) is 5.79. The van der Waals surface area contributed by atoms with Gasteiger partial charge in [0.05, 0.1) is 7.11 Å². The van der Waals surface area contributed by atoms with Crippen LogP contribution in [-0.4, -0.2) is 26.2 Å². The maximum atomic E-state index is 14.2. The Hall–Kier alpha value is -2.50. The molecule has 6 heteroatoms. The summed E-state index contributed by atoms with van der Waals surface area (Å²) in [6, 6.07) is 11.1. The Morgan fingerprint density at radius 3 is 2.32 bits per heavy atom. The molecule has 2 aromatic rings. The average Bonchev–Trinajstić information content (AvgIpc) is 2.78. The molecule has 0 fully saturated rings. The lowest BCUT2D eigenvalue weighted by Gasteiger charge is -2.31. The lowest BCUT2D eigenvalue weighted by molar-refractivity contribution is -0.191. The molecule has 0 aliphatic carbocycles. The zero-order valence-electron chi connectivity index (χ0n) is 14.1. The van der Waals surface area contributed by atoms with Gasteiger partial charge < -0.3 is 9.64 Å². The first-order chi connectivity index (χ1) is 11.7. The minimum atomic E-state index is -4.74. The van der Waals surface area contributed by atoms with Gasteiger partial charge in [0.15, 0.2) is 5.41 Å². The Morgan fingerprint density at radius 1 is 1.12 bits per heavy atom. The van der Waals surface area contributed by atoms with Crippen LogP contribution in [0.5, 0.6) is 5.75 Å². The molecule has 1 atom stereocenters. The van der Waals surface area contributed by atoms with Crippen molar-refractivity contribution in [3.8, 4) is 5.75 Å². The fraction of sp³-hybridized carbons (Fsp3) is 0.316. The number of hydrogen-bond acceptors (Lipinski definition) is 2. The molecule has 1 aliphatic heterocycles. The Bertz CT molecular complexity index is 814. The molecule has 0 saturated heterocycles. The highest BCUT2D eigenvalue weighted by atomic mass is 19.4. The van der Waals surface area contributed by atoms with Crippen LogP contribution in [0.4, 0.5) is 18.9 Å². The van der Waals surface area contributed by atoms with E-state index in [1.54, 1.807) is 30.3 Å². The number of methoxy groups -OCH3 is 1. The molecule has 2 aromatic carbocycles. The third kappa shape index (κ3) is 2.56. The first kappa shape index (κ1) is 17.3. The molecular formula is C19H18F3NO2. The highest BCUT2D eigenvalue weighted by Gasteiger charge is 2.66. The number of alkyl halides is 3. The smallest absolute Gasteiger partial charge is 0.407 e. The van der Waals surface area contributed by atoms with Crippen molar-refractivity contribution in [1.29, 1.82) is 0 Å². The third-order valence-corrected chi connectivity index (χ3v) is 4.77. The van der Waals surface area contributed by atoms with Crippen LogP contribution in [0.15, 0.2) is 42.5 Å². The third-order valence-electron chi connectivity index (χ3n) is 4.77. The van der Waals surface area contributed by atoms with Gasteiger partial charge in [0.2, 0.25) is 5.91 Å². The van der Waals surface area contributed by atoms with E-state index in [4.69, 9.17) is 4.74 Å². The van der Waals surface area contributed by atoms with E-state index in [1.165, 1.54) is 26.3 Å². The number of halogens is 3. The molecule has 0 aromatic heterocycles. The molecule has 25 heavy (non-hydrogen) atoms. The van der Waals surface area contributed by atoms with Crippen LogP contribution < -0.4 is 9.64 Å². The molecule has 1 aliphatic rings. The van der Waals surface area contributed by atoms with E-state index in [2.05, 4.69) is 0 Å². The number of carbonyl (C=O) groups excluding carboxylic acids is 1. The zero-order valence-corrected chi connectivity index (χ0v) is 14.1. The molecule has 1 amide bonds. The van der Waals surface area contributed by atoms with Gasteiger partial charge in [0.25, 0.3) is 0 Å². The predicted octanol–water partition coefficient (Wildman–Crippen LogP) is 4.02. The fourth-order valence-corrected chi connectivity index (χ4v) is 3.34. The predicted molar refractivity (Wildman–Crippen MR) is 89.0 cm³/mol. The number of amides is 1. The van der Waals surface area contributed by atoms with E-state index in [0.29, 0.717) is 11.3 Å². The second-order valence-electron chi connectivity index (χ2n) is 6.31. The first-order valence-corrected chi connectivity index (χ1v) is 7.79. The number of nitrogens with zero attached hydrogens (tertiary/aromatic N) is 1. The Labute approximate surface area is 144 Å². The van der Waals surface area contributed by atoms with Crippen LogP contribution in [0.1, 0.15) is 16.7 Å². The van der Waals surface area contributed by atoms with Crippen LogP contribution >= 0.6 is 0 Å². The maximum Gasteiger partial charge on any atom is 0.407 e. The number of ether oxygens (including phenoxy) is 1. The summed E-state index contributed by atoms with van der Waals surface area (Å²) >= 11 is 0. The van der Waals surface area contributed by atoms with Gasteiger partial charge in [-0.05, 0) is 37.1 Å². The Morgan fingerprint density at radius 2 is 1.76 bits per heavy atom. The molecule has 3 nitrogen and oxygen atoms in total. The Balaban J connectivity index is 2.22. The van der Waals surface area contributed by atoms with Gasteiger partial charge in [0.1, 0.15) is 5.75 Å². The lowest BCUT2D eigenvalue weighted by atomic mass is 9.75. The molecule has 3 rings (SSSR count). The molecule has 0 radical (unpaired) electrons. The number of benzene rings is 2. The van der Waals surface area contributed by atoms with E-state index < -0.39 is 23.9 Å². The molecule has 0 saturated carbocycles. The number of carbonyl (C=O) groups is 1. The zero-order chi connectivity index (χ0) is 18.4. The van der Waals surface area contributed by atoms with Crippen molar-refractivity contribution in [3.63, 3.8) is 0 Å². The van der Waals surface area contributed by atoms with Crippen LogP contribution in [0.2, 0.25) is 0 Å². The molecule has 132 valence electrons. The van der Waals surface area contributed by atoms with Crippen LogP contribution in [0.3, 0.4) is 0 Å². The van der Waals surface area contributed by atoms with E-state index in [0.717, 1.165) is 10.5 Å². The number of aryl methyl sites for hydroxylation is 1. The minimum absolute atomic E-state index is 0.0626. The quantitative estimate of drug-likeness (QED) is 0.838. The van der Waals surface area contributed by atoms with Gasteiger partial charge in [-0.25, -0.2) is 0 Å². The largest absolute Gasteiger partial charge is 0.497 e. The lowest BCUT2D eigenvalue weighted by Crippen LogP contribution is -2.51. The van der Waals surface area contributed by atoms with Gasteiger partial charge >= 0.3 is 6.18 Å². The first-order valence-electron chi connectivity index (χ1n) is 7.79. The summed E-state index contributed by atoms with van der Waals surface area (Å²) in [5.41, 5.74) is -1.01. The summed E-state index contributed by atoms with van der Waals surface area (Å²) in [7, 11) is 2.76. The summed E-state index contributed by atoms with van der Waals surface area (Å²) < 4.78 is 47.8. The van der Waals surface area contributed by atoms with Gasteiger partial charge in [-0.2, -0.15) is 13.2 Å². The maximum absolute atomic E-state index is 14.2. The molecule has 0 N–H and O–H groups in total. The number of rotatable bonds is 3.